The minimum atomic E-state index is -3.71. The first-order chi connectivity index (χ1) is 14.3. The van der Waals surface area contributed by atoms with Gasteiger partial charge in [-0.2, -0.15) is 0 Å². The van der Waals surface area contributed by atoms with Gasteiger partial charge in [0, 0.05) is 35.9 Å². The molecule has 0 bridgehead atoms. The van der Waals surface area contributed by atoms with E-state index in [2.05, 4.69) is 22.9 Å². The molecule has 6 nitrogen and oxygen atoms in total. The van der Waals surface area contributed by atoms with Gasteiger partial charge < -0.3 is 9.80 Å². The Bertz CT molecular complexity index is 958. The average Bonchev–Trinajstić information content (AvgIpc) is 3.50. The average molecular weight is 497 g/mol. The van der Waals surface area contributed by atoms with Gasteiger partial charge in [-0.25, -0.2) is 8.42 Å². The quantitative estimate of drug-likeness (QED) is 0.601. The number of amides is 2. The standard InChI is InChI=1S/C22H29BrN2O4S/c1-2-18-5-3-4-10-24(18)20(26)9-12-30(28,29)19-14-17(23)13-16-8-11-25(21(16)19)22(27)15-6-7-15/h13-15,18H,2-12H2,1H3/t18-/m1/s1. The molecule has 2 amide bonds. The topological polar surface area (TPSA) is 74.8 Å². The Labute approximate surface area is 187 Å². The first-order valence-electron chi connectivity index (χ1n) is 11.0. The van der Waals surface area contributed by atoms with Crippen LogP contribution < -0.4 is 4.90 Å². The Morgan fingerprint density at radius 3 is 2.60 bits per heavy atom. The van der Waals surface area contributed by atoms with E-state index in [0.29, 0.717) is 29.7 Å². The van der Waals surface area contributed by atoms with Crippen LogP contribution in [0.5, 0.6) is 0 Å². The van der Waals surface area contributed by atoms with Crippen molar-refractivity contribution in [3.8, 4) is 0 Å². The first-order valence-corrected chi connectivity index (χ1v) is 13.4. The van der Waals surface area contributed by atoms with Crippen LogP contribution in [0, 0.1) is 5.92 Å². The molecule has 30 heavy (non-hydrogen) atoms. The van der Waals surface area contributed by atoms with Gasteiger partial charge in [-0.3, -0.25) is 9.59 Å². The van der Waals surface area contributed by atoms with Gasteiger partial charge in [0.05, 0.1) is 16.3 Å². The fourth-order valence-electron chi connectivity index (χ4n) is 4.71. The molecule has 0 aromatic heterocycles. The summed E-state index contributed by atoms with van der Waals surface area (Å²) < 4.78 is 27.3. The van der Waals surface area contributed by atoms with E-state index in [9.17, 15) is 18.0 Å². The molecule has 0 N–H and O–H groups in total. The van der Waals surface area contributed by atoms with Crippen molar-refractivity contribution >= 4 is 43.3 Å². The van der Waals surface area contributed by atoms with Crippen molar-refractivity contribution in [2.75, 3.05) is 23.7 Å². The molecule has 0 unspecified atom stereocenters. The number of likely N-dealkylation sites (tertiary alicyclic amines) is 1. The Morgan fingerprint density at radius 1 is 1.13 bits per heavy atom. The maximum absolute atomic E-state index is 13.3. The molecule has 2 heterocycles. The van der Waals surface area contributed by atoms with Gasteiger partial charge in [0.25, 0.3) is 0 Å². The Morgan fingerprint density at radius 2 is 1.90 bits per heavy atom. The van der Waals surface area contributed by atoms with E-state index in [-0.39, 0.29) is 40.8 Å². The zero-order valence-corrected chi connectivity index (χ0v) is 19.8. The van der Waals surface area contributed by atoms with Crippen molar-refractivity contribution in [1.29, 1.82) is 0 Å². The smallest absolute Gasteiger partial charge is 0.230 e. The van der Waals surface area contributed by atoms with Gasteiger partial charge in [0.2, 0.25) is 11.8 Å². The number of carbonyl (C=O) groups excluding carboxylic acids is 2. The molecule has 3 aliphatic rings. The summed E-state index contributed by atoms with van der Waals surface area (Å²) in [4.78, 5) is 29.2. The van der Waals surface area contributed by atoms with Gasteiger partial charge in [-0.1, -0.05) is 22.9 Å². The third-order valence-corrected chi connectivity index (χ3v) is 8.71. The van der Waals surface area contributed by atoms with Gasteiger partial charge in [-0.15, -0.1) is 0 Å². The number of anilines is 1. The van der Waals surface area contributed by atoms with Crippen LogP contribution in [0.15, 0.2) is 21.5 Å². The summed E-state index contributed by atoms with van der Waals surface area (Å²) >= 11 is 3.42. The van der Waals surface area contributed by atoms with Crippen molar-refractivity contribution in [2.45, 2.75) is 69.2 Å². The van der Waals surface area contributed by atoms with Gasteiger partial charge in [0.15, 0.2) is 9.84 Å². The Kier molecular flexibility index (Phi) is 6.26. The lowest BCUT2D eigenvalue weighted by Crippen LogP contribution is -2.43. The number of rotatable bonds is 6. The Balaban J connectivity index is 1.56. The first kappa shape index (κ1) is 21.8. The van der Waals surface area contributed by atoms with Gasteiger partial charge >= 0.3 is 0 Å². The van der Waals surface area contributed by atoms with E-state index in [1.54, 1.807) is 11.0 Å². The van der Waals surface area contributed by atoms with E-state index < -0.39 is 9.84 Å². The zero-order valence-electron chi connectivity index (χ0n) is 17.4. The predicted molar refractivity (Wildman–Crippen MR) is 119 cm³/mol. The zero-order chi connectivity index (χ0) is 21.5. The van der Waals surface area contributed by atoms with Crippen molar-refractivity contribution in [3.05, 3.63) is 22.2 Å². The van der Waals surface area contributed by atoms with Gasteiger partial charge in [-0.05, 0) is 62.6 Å². The number of carbonyl (C=O) groups is 2. The van der Waals surface area contributed by atoms with Crippen molar-refractivity contribution in [2.24, 2.45) is 5.92 Å². The SMILES string of the molecule is CC[C@@H]1CCCCN1C(=O)CCS(=O)(=O)c1cc(Br)cc2c1N(C(=O)C1CC1)CC2. The molecule has 1 aliphatic carbocycles. The van der Waals surface area contributed by atoms with E-state index >= 15 is 0 Å². The van der Waals surface area contributed by atoms with Crippen LogP contribution in [0.2, 0.25) is 0 Å². The summed E-state index contributed by atoms with van der Waals surface area (Å²) in [6.07, 6.45) is 6.39. The molecule has 1 aromatic carbocycles. The highest BCUT2D eigenvalue weighted by Gasteiger charge is 2.39. The van der Waals surface area contributed by atoms with Crippen LogP contribution in [0.3, 0.4) is 0 Å². The second kappa shape index (κ2) is 8.61. The van der Waals surface area contributed by atoms with Crippen LogP contribution >= 0.6 is 15.9 Å². The monoisotopic (exact) mass is 496 g/mol. The fraction of sp³-hybridized carbons (Fsp3) is 0.636. The number of hydrogen-bond donors (Lipinski definition) is 0. The highest BCUT2D eigenvalue weighted by atomic mass is 79.9. The number of hydrogen-bond acceptors (Lipinski definition) is 4. The molecule has 8 heteroatoms. The number of piperidine rings is 1. The molecule has 2 fully saturated rings. The normalized spacial score (nSPS) is 21.6. The summed E-state index contributed by atoms with van der Waals surface area (Å²) in [5.74, 6) is -0.250. The minimum Gasteiger partial charge on any atom is -0.340 e. The third-order valence-electron chi connectivity index (χ3n) is 6.52. The van der Waals surface area contributed by atoms with Crippen molar-refractivity contribution in [3.63, 3.8) is 0 Å². The molecule has 4 rings (SSSR count). The molecule has 2 aliphatic heterocycles. The van der Waals surface area contributed by atoms with E-state index in [4.69, 9.17) is 0 Å². The summed E-state index contributed by atoms with van der Waals surface area (Å²) in [5.41, 5.74) is 1.41. The molecule has 0 radical (unpaired) electrons. The number of nitrogens with zero attached hydrogens (tertiary/aromatic N) is 2. The molecule has 164 valence electrons. The summed E-state index contributed by atoms with van der Waals surface area (Å²) in [6, 6.07) is 3.71. The van der Waals surface area contributed by atoms with Gasteiger partial charge in [0.1, 0.15) is 0 Å². The van der Waals surface area contributed by atoms with Crippen LogP contribution in [0.1, 0.15) is 57.4 Å². The maximum atomic E-state index is 13.3. The molecule has 0 spiro atoms. The minimum absolute atomic E-state index is 0.0172. The molecule has 1 aromatic rings. The van der Waals surface area contributed by atoms with Crippen LogP contribution in [-0.4, -0.2) is 50.0 Å². The summed E-state index contributed by atoms with van der Waals surface area (Å²) in [7, 11) is -3.71. The number of fused-ring (bicyclic) bond motifs is 1. The highest BCUT2D eigenvalue weighted by molar-refractivity contribution is 9.10. The largest absolute Gasteiger partial charge is 0.340 e. The van der Waals surface area contributed by atoms with Crippen molar-refractivity contribution in [1.82, 2.24) is 4.90 Å². The number of benzene rings is 1. The van der Waals surface area contributed by atoms with E-state index in [0.717, 1.165) is 44.1 Å². The third kappa shape index (κ3) is 4.31. The van der Waals surface area contributed by atoms with E-state index in [1.165, 1.54) is 0 Å². The molecule has 1 saturated heterocycles. The lowest BCUT2D eigenvalue weighted by Gasteiger charge is -2.35. The maximum Gasteiger partial charge on any atom is 0.230 e. The van der Waals surface area contributed by atoms with Crippen LogP contribution in [-0.2, 0) is 25.8 Å². The van der Waals surface area contributed by atoms with Crippen LogP contribution in [0.4, 0.5) is 5.69 Å². The predicted octanol–water partition coefficient (Wildman–Crippen LogP) is 3.70. The fourth-order valence-corrected chi connectivity index (χ4v) is 6.87. The molecule has 1 saturated carbocycles. The molecular weight excluding hydrogens is 468 g/mol. The second-order valence-electron chi connectivity index (χ2n) is 8.64. The summed E-state index contributed by atoms with van der Waals surface area (Å²) in [6.45, 7) is 3.31. The number of sulfone groups is 1. The number of halogens is 1. The second-order valence-corrected chi connectivity index (χ2v) is 11.6. The lowest BCUT2D eigenvalue weighted by atomic mass is 10.00. The van der Waals surface area contributed by atoms with Crippen LogP contribution in [0.25, 0.3) is 0 Å². The van der Waals surface area contributed by atoms with E-state index in [1.807, 2.05) is 11.0 Å². The molecular formula is C22H29BrN2O4S. The lowest BCUT2D eigenvalue weighted by molar-refractivity contribution is -0.134. The molecule has 1 atom stereocenters. The summed E-state index contributed by atoms with van der Waals surface area (Å²) in [5, 5.41) is 0. The Hall–Kier alpha value is -1.41. The highest BCUT2D eigenvalue weighted by Crippen LogP contribution is 2.41. The van der Waals surface area contributed by atoms with Crippen molar-refractivity contribution < 1.29 is 18.0 Å².